The maximum atomic E-state index is 14.1. The van der Waals surface area contributed by atoms with Crippen LogP contribution in [0.5, 0.6) is 11.5 Å². The van der Waals surface area contributed by atoms with Crippen LogP contribution in [-0.4, -0.2) is 24.3 Å². The van der Waals surface area contributed by atoms with Gasteiger partial charge in [-0.15, -0.1) is 0 Å². The van der Waals surface area contributed by atoms with E-state index in [9.17, 15) is 9.18 Å². The minimum atomic E-state index is -0.542. The molecule has 0 saturated heterocycles. The third-order valence-electron chi connectivity index (χ3n) is 4.65. The number of carbonyl (C=O) groups is 1. The number of aryl methyl sites for hydroxylation is 1. The lowest BCUT2D eigenvalue weighted by Gasteiger charge is -2.28. The molecule has 3 rings (SSSR count). The Morgan fingerprint density at radius 1 is 1.28 bits per heavy atom. The smallest absolute Gasteiger partial charge is 0.408 e. The second-order valence-electron chi connectivity index (χ2n) is 8.15. The van der Waals surface area contributed by atoms with E-state index in [1.807, 2.05) is 52.0 Å². The molecule has 0 aromatic heterocycles. The molecule has 0 radical (unpaired) electrons. The van der Waals surface area contributed by atoms with Crippen molar-refractivity contribution in [1.29, 1.82) is 0 Å². The molecule has 0 bridgehead atoms. The second-order valence-corrected chi connectivity index (χ2v) is 8.15. The topological polar surface area (TPSA) is 56.8 Å². The lowest BCUT2D eigenvalue weighted by Crippen LogP contribution is -2.44. The van der Waals surface area contributed by atoms with Crippen molar-refractivity contribution in [3.63, 3.8) is 0 Å². The molecule has 1 amide bonds. The van der Waals surface area contributed by atoms with Gasteiger partial charge in [-0.2, -0.15) is 0 Å². The summed E-state index contributed by atoms with van der Waals surface area (Å²) in [5, 5.41) is 2.84. The lowest BCUT2D eigenvalue weighted by molar-refractivity contribution is 0.0481. The average Bonchev–Trinajstić information content (AvgIpc) is 2.65. The van der Waals surface area contributed by atoms with Gasteiger partial charge in [-0.1, -0.05) is 25.1 Å². The van der Waals surface area contributed by atoms with Crippen LogP contribution < -0.4 is 14.8 Å². The van der Waals surface area contributed by atoms with E-state index in [1.165, 1.54) is 6.07 Å². The van der Waals surface area contributed by atoms with E-state index in [-0.39, 0.29) is 18.5 Å². The van der Waals surface area contributed by atoms with Gasteiger partial charge in [0.2, 0.25) is 0 Å². The van der Waals surface area contributed by atoms with E-state index < -0.39 is 11.7 Å². The molecule has 29 heavy (non-hydrogen) atoms. The molecular formula is C23H28FNO4. The van der Waals surface area contributed by atoms with Crippen LogP contribution in [0.3, 0.4) is 0 Å². The van der Waals surface area contributed by atoms with Crippen molar-refractivity contribution in [2.24, 2.45) is 0 Å². The number of carbonyl (C=O) groups excluding carboxylic acids is 1. The summed E-state index contributed by atoms with van der Waals surface area (Å²) < 4.78 is 31.0. The molecule has 0 spiro atoms. The zero-order valence-electron chi connectivity index (χ0n) is 17.4. The lowest BCUT2D eigenvalue weighted by atomic mass is 10.0. The van der Waals surface area contributed by atoms with Gasteiger partial charge in [0.05, 0.1) is 6.04 Å². The van der Waals surface area contributed by atoms with Gasteiger partial charge in [0.15, 0.2) is 0 Å². The van der Waals surface area contributed by atoms with Gasteiger partial charge in [-0.25, -0.2) is 9.18 Å². The Morgan fingerprint density at radius 2 is 2.07 bits per heavy atom. The summed E-state index contributed by atoms with van der Waals surface area (Å²) in [4.78, 5) is 12.0. The fraction of sp³-hybridized carbons (Fsp3) is 0.435. The van der Waals surface area contributed by atoms with Crippen LogP contribution in [0.2, 0.25) is 0 Å². The predicted molar refractivity (Wildman–Crippen MR) is 109 cm³/mol. The number of nitrogens with one attached hydrogen (secondary N) is 1. The maximum absolute atomic E-state index is 14.1. The average molecular weight is 401 g/mol. The zero-order chi connectivity index (χ0) is 21.0. The number of benzene rings is 2. The molecule has 1 aliphatic heterocycles. The molecule has 6 heteroatoms. The SMILES string of the molecule is CCc1cccc(F)c1COc1ccc2c(c1)OC[C@@H](NC(=O)OC(C)(C)C)C2. The monoisotopic (exact) mass is 401 g/mol. The highest BCUT2D eigenvalue weighted by atomic mass is 19.1. The number of amides is 1. The Bertz CT molecular complexity index is 876. The number of ether oxygens (including phenoxy) is 3. The van der Waals surface area contributed by atoms with Crippen molar-refractivity contribution in [1.82, 2.24) is 5.32 Å². The Balaban J connectivity index is 1.61. The van der Waals surface area contributed by atoms with Gasteiger partial charge in [0.25, 0.3) is 0 Å². The molecule has 1 N–H and O–H groups in total. The van der Waals surface area contributed by atoms with Crippen molar-refractivity contribution < 1.29 is 23.4 Å². The van der Waals surface area contributed by atoms with Crippen LogP contribution >= 0.6 is 0 Å². The van der Waals surface area contributed by atoms with Gasteiger partial charge in [0.1, 0.15) is 36.1 Å². The van der Waals surface area contributed by atoms with Crippen molar-refractivity contribution in [3.05, 3.63) is 58.9 Å². The summed E-state index contributed by atoms with van der Waals surface area (Å²) in [7, 11) is 0. The maximum Gasteiger partial charge on any atom is 0.408 e. The van der Waals surface area contributed by atoms with Crippen molar-refractivity contribution in [3.8, 4) is 11.5 Å². The van der Waals surface area contributed by atoms with Crippen LogP contribution in [-0.2, 0) is 24.2 Å². The highest BCUT2D eigenvalue weighted by molar-refractivity contribution is 5.68. The third kappa shape index (κ3) is 5.62. The Morgan fingerprint density at radius 3 is 2.79 bits per heavy atom. The molecule has 2 aromatic carbocycles. The van der Waals surface area contributed by atoms with Crippen LogP contribution in [0.15, 0.2) is 36.4 Å². The van der Waals surface area contributed by atoms with E-state index in [2.05, 4.69) is 5.32 Å². The van der Waals surface area contributed by atoms with E-state index in [0.29, 0.717) is 30.1 Å². The molecule has 2 aromatic rings. The highest BCUT2D eigenvalue weighted by Gasteiger charge is 2.24. The first-order valence-corrected chi connectivity index (χ1v) is 9.89. The first kappa shape index (κ1) is 21.0. The summed E-state index contributed by atoms with van der Waals surface area (Å²) in [5.74, 6) is 1.08. The second kappa shape index (κ2) is 8.72. The van der Waals surface area contributed by atoms with Gasteiger partial charge in [-0.3, -0.25) is 0 Å². The quantitative estimate of drug-likeness (QED) is 0.782. The van der Waals surface area contributed by atoms with Gasteiger partial charge in [0, 0.05) is 11.6 Å². The minimum absolute atomic E-state index is 0.158. The van der Waals surface area contributed by atoms with Crippen molar-refractivity contribution >= 4 is 6.09 Å². The zero-order valence-corrected chi connectivity index (χ0v) is 17.4. The fourth-order valence-electron chi connectivity index (χ4n) is 3.26. The molecule has 1 heterocycles. The molecule has 156 valence electrons. The summed E-state index contributed by atoms with van der Waals surface area (Å²) in [5.41, 5.74) is 1.95. The number of hydrogen-bond donors (Lipinski definition) is 1. The molecule has 0 fully saturated rings. The molecule has 1 atom stereocenters. The summed E-state index contributed by atoms with van der Waals surface area (Å²) in [6.45, 7) is 7.98. The highest BCUT2D eigenvalue weighted by Crippen LogP contribution is 2.30. The number of rotatable bonds is 5. The van der Waals surface area contributed by atoms with Gasteiger partial charge < -0.3 is 19.5 Å². The molecule has 0 aliphatic carbocycles. The van der Waals surface area contributed by atoms with Crippen molar-refractivity contribution in [2.75, 3.05) is 6.61 Å². The molecule has 5 nitrogen and oxygen atoms in total. The third-order valence-corrected chi connectivity index (χ3v) is 4.65. The molecular weight excluding hydrogens is 373 g/mol. The Hall–Kier alpha value is -2.76. The van der Waals surface area contributed by atoms with Crippen molar-refractivity contribution in [2.45, 2.75) is 58.8 Å². The summed E-state index contributed by atoms with van der Waals surface area (Å²) >= 11 is 0. The normalized spacial score (nSPS) is 15.8. The largest absolute Gasteiger partial charge is 0.491 e. The van der Waals surface area contributed by atoms with Crippen LogP contribution in [0.25, 0.3) is 0 Å². The fourth-order valence-corrected chi connectivity index (χ4v) is 3.26. The number of fused-ring (bicyclic) bond motifs is 1. The van der Waals surface area contributed by atoms with Crippen LogP contribution in [0.4, 0.5) is 9.18 Å². The first-order valence-electron chi connectivity index (χ1n) is 9.89. The van der Waals surface area contributed by atoms with E-state index in [1.54, 1.807) is 6.07 Å². The van der Waals surface area contributed by atoms with Gasteiger partial charge >= 0.3 is 6.09 Å². The van der Waals surface area contributed by atoms with E-state index >= 15 is 0 Å². The minimum Gasteiger partial charge on any atom is -0.491 e. The van der Waals surface area contributed by atoms with Gasteiger partial charge in [-0.05, 0) is 56.9 Å². The van der Waals surface area contributed by atoms with E-state index in [0.717, 1.165) is 17.5 Å². The first-order chi connectivity index (χ1) is 13.7. The Labute approximate surface area is 171 Å². The standard InChI is InChI=1S/C23H28FNO4/c1-5-15-7-6-8-20(24)19(15)14-27-18-10-9-16-11-17(13-28-21(16)12-18)25-22(26)29-23(2,3)4/h6-10,12,17H,5,11,13-14H2,1-4H3,(H,25,26)/t17-/m0/s1. The summed E-state index contributed by atoms with van der Waals surface area (Å²) in [6, 6.07) is 10.5. The van der Waals surface area contributed by atoms with E-state index in [4.69, 9.17) is 14.2 Å². The number of hydrogen-bond acceptors (Lipinski definition) is 4. The molecule has 0 unspecified atom stereocenters. The number of halogens is 1. The predicted octanol–water partition coefficient (Wildman–Crippen LogP) is 4.80. The van der Waals surface area contributed by atoms with Crippen LogP contribution in [0.1, 0.15) is 44.4 Å². The molecule has 1 aliphatic rings. The number of alkyl carbamates (subject to hydrolysis) is 1. The molecule has 0 saturated carbocycles. The van der Waals surface area contributed by atoms with Crippen LogP contribution in [0, 0.1) is 5.82 Å². The Kier molecular flexibility index (Phi) is 6.30. The summed E-state index contributed by atoms with van der Waals surface area (Å²) in [6.07, 6.45) is 0.934.